The minimum Gasteiger partial charge on any atom is -0.393 e. The summed E-state index contributed by atoms with van der Waals surface area (Å²) in [5.41, 5.74) is 1.15. The van der Waals surface area contributed by atoms with Crippen LogP contribution in [0.25, 0.3) is 0 Å². The Bertz CT molecular complexity index is 540. The van der Waals surface area contributed by atoms with Gasteiger partial charge in [-0.15, -0.1) is 0 Å². The van der Waals surface area contributed by atoms with Crippen molar-refractivity contribution < 1.29 is 5.11 Å². The van der Waals surface area contributed by atoms with Crippen molar-refractivity contribution in [2.75, 3.05) is 0 Å². The van der Waals surface area contributed by atoms with Gasteiger partial charge in [0.1, 0.15) is 0 Å². The summed E-state index contributed by atoms with van der Waals surface area (Å²) in [6, 6.07) is 0. The van der Waals surface area contributed by atoms with Crippen LogP contribution < -0.4 is 0 Å². The number of hydrogen-bond donors (Lipinski definition) is 1. The molecule has 4 saturated carbocycles. The molecule has 0 radical (unpaired) electrons. The van der Waals surface area contributed by atoms with Crippen molar-refractivity contribution in [2.24, 2.45) is 52.3 Å². The van der Waals surface area contributed by atoms with E-state index in [1.165, 1.54) is 64.2 Å². The molecule has 0 heterocycles. The van der Waals surface area contributed by atoms with E-state index in [4.69, 9.17) is 0 Å². The van der Waals surface area contributed by atoms with Crippen LogP contribution >= 0.6 is 0 Å². The van der Waals surface area contributed by atoms with Crippen molar-refractivity contribution in [3.05, 3.63) is 0 Å². The van der Waals surface area contributed by atoms with Crippen LogP contribution in [0.2, 0.25) is 0 Å². The number of fused-ring (bicyclic) bond motifs is 5. The molecule has 5 unspecified atom stereocenters. The molecule has 4 rings (SSSR count). The molecule has 0 aliphatic heterocycles. The SMILES string of the molecule is CC(C)CCCC(C)[C@H]1CCC2C3CC[C@@H]4CC(O)CC[C@]4(C)C3CC[C@@]21C. The van der Waals surface area contributed by atoms with Crippen LogP contribution in [0.15, 0.2) is 0 Å². The molecule has 4 aliphatic rings. The van der Waals surface area contributed by atoms with Gasteiger partial charge >= 0.3 is 0 Å². The first kappa shape index (κ1) is 21.2. The first-order valence-electron chi connectivity index (χ1n) is 12.9. The van der Waals surface area contributed by atoms with E-state index in [1.54, 1.807) is 0 Å². The molecule has 9 atom stereocenters. The highest BCUT2D eigenvalue weighted by atomic mass is 16.3. The van der Waals surface area contributed by atoms with Gasteiger partial charge in [0.2, 0.25) is 0 Å². The zero-order valence-corrected chi connectivity index (χ0v) is 19.6. The summed E-state index contributed by atoms with van der Waals surface area (Å²) in [7, 11) is 0. The lowest BCUT2D eigenvalue weighted by molar-refractivity contribution is -0.129. The first-order valence-corrected chi connectivity index (χ1v) is 12.9. The molecule has 1 nitrogen and oxygen atoms in total. The summed E-state index contributed by atoms with van der Waals surface area (Å²) >= 11 is 0. The zero-order chi connectivity index (χ0) is 20.1. The van der Waals surface area contributed by atoms with Gasteiger partial charge in [-0.05, 0) is 110 Å². The van der Waals surface area contributed by atoms with Crippen molar-refractivity contribution in [1.29, 1.82) is 0 Å². The maximum atomic E-state index is 10.3. The predicted molar refractivity (Wildman–Crippen MR) is 119 cm³/mol. The molecule has 0 aromatic heterocycles. The van der Waals surface area contributed by atoms with Gasteiger partial charge in [0.25, 0.3) is 0 Å². The minimum atomic E-state index is -0.00830. The highest BCUT2D eigenvalue weighted by Gasteiger charge is 2.60. The van der Waals surface area contributed by atoms with Crippen molar-refractivity contribution >= 4 is 0 Å². The van der Waals surface area contributed by atoms with Crippen LogP contribution in [-0.4, -0.2) is 11.2 Å². The van der Waals surface area contributed by atoms with Crippen LogP contribution in [-0.2, 0) is 0 Å². The molecule has 162 valence electrons. The van der Waals surface area contributed by atoms with E-state index in [2.05, 4.69) is 34.6 Å². The van der Waals surface area contributed by atoms with Gasteiger partial charge in [-0.3, -0.25) is 0 Å². The van der Waals surface area contributed by atoms with E-state index in [-0.39, 0.29) is 6.10 Å². The summed E-state index contributed by atoms with van der Waals surface area (Å²) < 4.78 is 0. The quantitative estimate of drug-likeness (QED) is 0.518. The average molecular weight is 389 g/mol. The van der Waals surface area contributed by atoms with Crippen molar-refractivity contribution in [3.63, 3.8) is 0 Å². The Morgan fingerprint density at radius 2 is 1.54 bits per heavy atom. The van der Waals surface area contributed by atoms with Crippen molar-refractivity contribution in [1.82, 2.24) is 0 Å². The summed E-state index contributed by atoms with van der Waals surface area (Å²) in [5, 5.41) is 10.3. The molecular weight excluding hydrogens is 340 g/mol. The molecule has 0 amide bonds. The van der Waals surface area contributed by atoms with E-state index in [1.807, 2.05) is 0 Å². The summed E-state index contributed by atoms with van der Waals surface area (Å²) in [5.74, 6) is 6.49. The molecule has 4 fully saturated rings. The average Bonchev–Trinajstić information content (AvgIpc) is 2.99. The van der Waals surface area contributed by atoms with Crippen molar-refractivity contribution in [2.45, 2.75) is 118 Å². The molecule has 0 aromatic rings. The molecule has 1 heteroatoms. The van der Waals surface area contributed by atoms with E-state index in [9.17, 15) is 5.11 Å². The second-order valence-electron chi connectivity index (χ2n) is 12.6. The van der Waals surface area contributed by atoms with Crippen LogP contribution in [0.4, 0.5) is 0 Å². The lowest BCUT2D eigenvalue weighted by atomic mass is 9.44. The molecule has 1 N–H and O–H groups in total. The van der Waals surface area contributed by atoms with Gasteiger partial charge in [0.05, 0.1) is 6.10 Å². The fraction of sp³-hybridized carbons (Fsp3) is 1.00. The van der Waals surface area contributed by atoms with E-state index in [0.717, 1.165) is 54.3 Å². The molecule has 0 aromatic carbocycles. The summed E-state index contributed by atoms with van der Waals surface area (Å²) in [4.78, 5) is 0. The maximum absolute atomic E-state index is 10.3. The molecule has 28 heavy (non-hydrogen) atoms. The minimum absolute atomic E-state index is 0.00830. The Morgan fingerprint density at radius 1 is 0.821 bits per heavy atom. The van der Waals surface area contributed by atoms with Gasteiger partial charge in [-0.1, -0.05) is 53.9 Å². The molecule has 4 aliphatic carbocycles. The van der Waals surface area contributed by atoms with E-state index in [0.29, 0.717) is 10.8 Å². The topological polar surface area (TPSA) is 20.2 Å². The fourth-order valence-corrected chi connectivity index (χ4v) is 9.26. The van der Waals surface area contributed by atoms with Crippen LogP contribution in [0.3, 0.4) is 0 Å². The Labute approximate surface area is 175 Å². The lowest BCUT2D eigenvalue weighted by Crippen LogP contribution is -2.54. The summed E-state index contributed by atoms with van der Waals surface area (Å²) in [6.45, 7) is 12.7. The van der Waals surface area contributed by atoms with Gasteiger partial charge in [0.15, 0.2) is 0 Å². The highest BCUT2D eigenvalue weighted by Crippen LogP contribution is 2.68. The van der Waals surface area contributed by atoms with Crippen LogP contribution in [0.1, 0.15) is 112 Å². The largest absolute Gasteiger partial charge is 0.393 e. The van der Waals surface area contributed by atoms with Gasteiger partial charge < -0.3 is 5.11 Å². The Hall–Kier alpha value is -0.0400. The first-order chi connectivity index (χ1) is 13.3. The number of aliphatic hydroxyl groups excluding tert-OH is 1. The Morgan fingerprint density at radius 3 is 2.29 bits per heavy atom. The Kier molecular flexibility index (Phi) is 5.98. The third kappa shape index (κ3) is 3.50. The fourth-order valence-electron chi connectivity index (χ4n) is 9.26. The van der Waals surface area contributed by atoms with Crippen LogP contribution in [0, 0.1) is 52.3 Å². The Balaban J connectivity index is 1.46. The monoisotopic (exact) mass is 388 g/mol. The van der Waals surface area contributed by atoms with Crippen molar-refractivity contribution in [3.8, 4) is 0 Å². The van der Waals surface area contributed by atoms with Crippen LogP contribution in [0.5, 0.6) is 0 Å². The predicted octanol–water partition coefficient (Wildman–Crippen LogP) is 7.47. The number of hydrogen-bond acceptors (Lipinski definition) is 1. The second-order valence-corrected chi connectivity index (χ2v) is 12.6. The molecule has 0 bridgehead atoms. The molecule has 0 saturated heterocycles. The van der Waals surface area contributed by atoms with Gasteiger partial charge in [-0.25, -0.2) is 0 Å². The third-order valence-corrected chi connectivity index (χ3v) is 10.8. The lowest BCUT2D eigenvalue weighted by Gasteiger charge is -2.61. The molecule has 0 spiro atoms. The zero-order valence-electron chi connectivity index (χ0n) is 19.6. The summed E-state index contributed by atoms with van der Waals surface area (Å²) in [6.07, 6.45) is 16.6. The second kappa shape index (κ2) is 7.90. The van der Waals surface area contributed by atoms with Gasteiger partial charge in [-0.2, -0.15) is 0 Å². The normalized spacial score (nSPS) is 49.4. The number of rotatable bonds is 5. The van der Waals surface area contributed by atoms with E-state index >= 15 is 0 Å². The smallest absolute Gasteiger partial charge is 0.0543 e. The van der Waals surface area contributed by atoms with Gasteiger partial charge in [0, 0.05) is 0 Å². The molecular formula is C27H48O. The standard InChI is InChI=1S/C27H48O/c1-18(2)7-6-8-19(3)23-11-12-24-22-10-9-20-17-21(28)13-15-26(20,4)25(22)14-16-27(23,24)5/h18-25,28H,6-17H2,1-5H3/t19?,20-,21?,22?,23-,24?,25?,26+,27-/m1/s1. The maximum Gasteiger partial charge on any atom is 0.0543 e. The number of aliphatic hydroxyl groups is 1. The third-order valence-electron chi connectivity index (χ3n) is 10.8. The van der Waals surface area contributed by atoms with E-state index < -0.39 is 0 Å². The highest BCUT2D eigenvalue weighted by molar-refractivity contribution is 5.09.